The predicted molar refractivity (Wildman–Crippen MR) is 13.0 cm³/mol. The molecule has 4 heteroatoms. The van der Waals surface area contributed by atoms with Crippen molar-refractivity contribution >= 4 is 18.9 Å². The minimum absolute atomic E-state index is 0. The van der Waals surface area contributed by atoms with E-state index in [4.69, 9.17) is 0 Å². The number of hydrogen-bond donors (Lipinski definition) is 0. The average Bonchev–Trinajstić information content (AvgIpc) is 0. The summed E-state index contributed by atoms with van der Waals surface area (Å²) in [6, 6.07) is 0. The number of rotatable bonds is 0. The van der Waals surface area contributed by atoms with Crippen LogP contribution in [-0.4, -0.2) is 29.8 Å². The molecule has 0 saturated heterocycles. The summed E-state index contributed by atoms with van der Waals surface area (Å²) < 4.78 is 0. The first kappa shape index (κ1) is 76.3. The molecule has 2 radical (unpaired) electrons. The Labute approximate surface area is 47.2 Å². The largest absolute Gasteiger partial charge is 0.412 e. The second-order valence-electron chi connectivity index (χ2n) is 0. The average molecular weight is 97.9 g/mol. The summed E-state index contributed by atoms with van der Waals surface area (Å²) in [6.45, 7) is 0. The minimum atomic E-state index is 0. The molecule has 0 atom stereocenters. The van der Waals surface area contributed by atoms with Crippen LogP contribution in [0.1, 0.15) is 0 Å². The summed E-state index contributed by atoms with van der Waals surface area (Å²) in [6.07, 6.45) is 0. The zero-order chi connectivity index (χ0) is 0. The van der Waals surface area contributed by atoms with E-state index in [0.29, 0.717) is 0 Å². The first-order valence-corrected chi connectivity index (χ1v) is 0. The zero-order valence-corrected chi connectivity index (χ0v) is 3.56. The monoisotopic (exact) mass is 98.0 g/mol. The van der Waals surface area contributed by atoms with Gasteiger partial charge in [0.05, 0.1) is 0 Å². The van der Waals surface area contributed by atoms with E-state index in [-0.39, 0.29) is 46.9 Å². The van der Waals surface area contributed by atoms with E-state index in [0.717, 1.165) is 0 Å². The van der Waals surface area contributed by atoms with Crippen molar-refractivity contribution in [2.75, 3.05) is 0 Å². The molecule has 0 rings (SSSR count). The van der Waals surface area contributed by atoms with Crippen molar-refractivity contribution in [2.45, 2.75) is 0 Å². The second kappa shape index (κ2) is 34.6. The molecule has 24 valence electrons. The van der Waals surface area contributed by atoms with Gasteiger partial charge in [-0.3, -0.25) is 0 Å². The van der Waals surface area contributed by atoms with Crippen LogP contribution in [0.4, 0.5) is 0 Å². The van der Waals surface area contributed by atoms with Crippen molar-refractivity contribution in [2.24, 2.45) is 0 Å². The smallest absolute Gasteiger partial charge is 0 e. The van der Waals surface area contributed by atoms with E-state index in [1.54, 1.807) is 0 Å². The molecule has 4 N–H and O–H groups in total. The maximum Gasteiger partial charge on any atom is 0 e. The summed E-state index contributed by atoms with van der Waals surface area (Å²) in [7, 11) is 0. The van der Waals surface area contributed by atoms with Crippen LogP contribution in [0.2, 0.25) is 0 Å². The standard InChI is InChI=1S/Li.Mn.2H2O/h;;2*1H2. The van der Waals surface area contributed by atoms with Gasteiger partial charge in [-0.1, -0.05) is 0 Å². The fraction of sp³-hybridized carbons (Fsp3) is 0. The third-order valence-electron chi connectivity index (χ3n) is 0. The van der Waals surface area contributed by atoms with Gasteiger partial charge in [0.1, 0.15) is 0 Å². The Kier molecular flexibility index (Phi) is 661. The third-order valence-corrected chi connectivity index (χ3v) is 0. The molecule has 0 amide bonds. The minimum Gasteiger partial charge on any atom is -0.412 e. The third kappa shape index (κ3) is 11.7. The fourth-order valence-electron chi connectivity index (χ4n) is 0. The molecule has 0 saturated carbocycles. The van der Waals surface area contributed by atoms with Gasteiger partial charge in [-0.15, -0.1) is 0 Å². The molecule has 0 spiro atoms. The first-order valence-electron chi connectivity index (χ1n) is 0. The molecule has 2 nitrogen and oxygen atoms in total. The molecule has 0 aromatic carbocycles. The van der Waals surface area contributed by atoms with Crippen molar-refractivity contribution in [3.63, 3.8) is 0 Å². The van der Waals surface area contributed by atoms with Crippen LogP contribution in [0.5, 0.6) is 0 Å². The maximum atomic E-state index is 0. The zero-order valence-electron chi connectivity index (χ0n) is 2.38. The molecule has 0 aliphatic rings. The molecule has 0 aliphatic carbocycles. The van der Waals surface area contributed by atoms with Gasteiger partial charge in [-0.2, -0.15) is 0 Å². The summed E-state index contributed by atoms with van der Waals surface area (Å²) in [5.74, 6) is 0. The van der Waals surface area contributed by atoms with Crippen molar-refractivity contribution < 1.29 is 28.0 Å². The molecule has 0 aromatic rings. The first-order chi connectivity index (χ1) is 0. The Bertz CT molecular complexity index is 6.00. The Balaban J connectivity index is 0. The maximum absolute atomic E-state index is 0. The van der Waals surface area contributed by atoms with Crippen LogP contribution in [-0.2, 0) is 17.1 Å². The van der Waals surface area contributed by atoms with Crippen molar-refractivity contribution in [1.82, 2.24) is 0 Å². The van der Waals surface area contributed by atoms with Gasteiger partial charge < -0.3 is 11.0 Å². The Hall–Kier alpha value is 1.04. The Morgan fingerprint density at radius 2 is 0.750 bits per heavy atom. The van der Waals surface area contributed by atoms with Gasteiger partial charge in [0, 0.05) is 35.9 Å². The molecule has 4 heavy (non-hydrogen) atoms. The van der Waals surface area contributed by atoms with E-state index in [1.807, 2.05) is 0 Å². The summed E-state index contributed by atoms with van der Waals surface area (Å²) >= 11 is 0. The topological polar surface area (TPSA) is 63.0 Å². The summed E-state index contributed by atoms with van der Waals surface area (Å²) in [5.41, 5.74) is 0. The normalized spacial score (nSPS) is 0. The number of hydrogen-bond acceptors (Lipinski definition) is 0. The molecule has 0 bridgehead atoms. The van der Waals surface area contributed by atoms with Gasteiger partial charge >= 0.3 is 0 Å². The van der Waals surface area contributed by atoms with Crippen LogP contribution in [0.3, 0.4) is 0 Å². The molecular formula is H4LiMnO2. The van der Waals surface area contributed by atoms with Crippen LogP contribution in [0.25, 0.3) is 0 Å². The van der Waals surface area contributed by atoms with Gasteiger partial charge in [0.15, 0.2) is 0 Å². The van der Waals surface area contributed by atoms with Crippen molar-refractivity contribution in [3.05, 3.63) is 0 Å². The quantitative estimate of drug-likeness (QED) is 0.313. The second-order valence-corrected chi connectivity index (χ2v) is 0. The molecule has 0 aliphatic heterocycles. The van der Waals surface area contributed by atoms with Crippen LogP contribution in [0.15, 0.2) is 0 Å². The van der Waals surface area contributed by atoms with Crippen LogP contribution >= 0.6 is 0 Å². The van der Waals surface area contributed by atoms with Gasteiger partial charge in [0.2, 0.25) is 0 Å². The summed E-state index contributed by atoms with van der Waals surface area (Å²) in [4.78, 5) is 0. The molecule has 0 unspecified atom stereocenters. The van der Waals surface area contributed by atoms with Crippen molar-refractivity contribution in [3.8, 4) is 0 Å². The van der Waals surface area contributed by atoms with Crippen LogP contribution in [0, 0.1) is 0 Å². The molecular weight excluding hydrogens is 93.9 g/mol. The van der Waals surface area contributed by atoms with E-state index >= 15 is 0 Å². The predicted octanol–water partition coefficient (Wildman–Crippen LogP) is -2.03. The van der Waals surface area contributed by atoms with Crippen molar-refractivity contribution in [1.29, 1.82) is 0 Å². The Morgan fingerprint density at radius 1 is 0.750 bits per heavy atom. The molecule has 0 heterocycles. The van der Waals surface area contributed by atoms with E-state index in [9.17, 15) is 0 Å². The van der Waals surface area contributed by atoms with Gasteiger partial charge in [-0.05, 0) is 0 Å². The molecule has 0 aromatic heterocycles. The van der Waals surface area contributed by atoms with E-state index in [1.165, 1.54) is 0 Å². The fourth-order valence-corrected chi connectivity index (χ4v) is 0. The Morgan fingerprint density at radius 3 is 0.750 bits per heavy atom. The summed E-state index contributed by atoms with van der Waals surface area (Å²) in [5, 5.41) is 0. The molecule has 0 fully saturated rings. The SMILES string of the molecule is O.O.[Li].[Mn]. The van der Waals surface area contributed by atoms with E-state index in [2.05, 4.69) is 0 Å². The van der Waals surface area contributed by atoms with E-state index < -0.39 is 0 Å². The van der Waals surface area contributed by atoms with Gasteiger partial charge in [0.25, 0.3) is 0 Å². The van der Waals surface area contributed by atoms with Crippen LogP contribution < -0.4 is 0 Å². The van der Waals surface area contributed by atoms with Gasteiger partial charge in [-0.25, -0.2) is 0 Å².